The minimum Gasteiger partial charge on any atom is -0.504 e. The summed E-state index contributed by atoms with van der Waals surface area (Å²) < 4.78 is 0. The summed E-state index contributed by atoms with van der Waals surface area (Å²) in [5.41, 5.74) is 3.55. The average molecular weight is 306 g/mol. The number of benzene rings is 3. The number of aromatic hydroxyl groups is 2. The molecule has 0 atom stereocenters. The number of nitrogens with zero attached hydrogens (tertiary/aromatic N) is 1. The Morgan fingerprint density at radius 2 is 1.74 bits per heavy atom. The van der Waals surface area contributed by atoms with E-state index in [1.165, 1.54) is 18.3 Å². The van der Waals surface area contributed by atoms with Crippen LogP contribution in [-0.4, -0.2) is 22.3 Å². The first-order valence-electron chi connectivity index (χ1n) is 6.98. The van der Waals surface area contributed by atoms with Gasteiger partial charge in [-0.3, -0.25) is 4.79 Å². The summed E-state index contributed by atoms with van der Waals surface area (Å²) in [5.74, 6) is -0.766. The van der Waals surface area contributed by atoms with Gasteiger partial charge in [0.15, 0.2) is 11.5 Å². The topological polar surface area (TPSA) is 81.9 Å². The predicted octanol–water partition coefficient (Wildman–Crippen LogP) is 3.01. The Labute approximate surface area is 132 Å². The summed E-state index contributed by atoms with van der Waals surface area (Å²) in [6.07, 6.45) is 1.39. The van der Waals surface area contributed by atoms with Crippen molar-refractivity contribution in [3.05, 3.63) is 71.8 Å². The van der Waals surface area contributed by atoms with E-state index in [2.05, 4.69) is 10.5 Å². The molecule has 0 spiro atoms. The summed E-state index contributed by atoms with van der Waals surface area (Å²) in [6, 6.07) is 17.4. The quantitative estimate of drug-likeness (QED) is 0.395. The van der Waals surface area contributed by atoms with Crippen molar-refractivity contribution in [3.8, 4) is 11.5 Å². The van der Waals surface area contributed by atoms with Gasteiger partial charge in [0.1, 0.15) is 0 Å². The van der Waals surface area contributed by atoms with E-state index in [1.54, 1.807) is 12.1 Å². The van der Waals surface area contributed by atoms with Crippen LogP contribution in [0.3, 0.4) is 0 Å². The molecule has 5 heteroatoms. The zero-order chi connectivity index (χ0) is 16.2. The van der Waals surface area contributed by atoms with E-state index in [1.807, 2.05) is 36.4 Å². The molecule has 0 saturated carbocycles. The fraction of sp³-hybridized carbons (Fsp3) is 0. The number of phenolic OH excluding ortho intramolecular Hbond substituents is 2. The standard InChI is InChI=1S/C18H14N2O3/c21-16-9-8-12(10-17(16)22)11-19-20-18(23)15-7-3-5-13-4-1-2-6-14(13)15/h1-11,21-22H,(H,20,23). The zero-order valence-corrected chi connectivity index (χ0v) is 12.1. The second-order valence-electron chi connectivity index (χ2n) is 4.97. The van der Waals surface area contributed by atoms with Crippen LogP contribution in [0.15, 0.2) is 65.8 Å². The summed E-state index contributed by atoms with van der Waals surface area (Å²) >= 11 is 0. The molecule has 0 aliphatic rings. The molecule has 5 nitrogen and oxygen atoms in total. The number of rotatable bonds is 3. The van der Waals surface area contributed by atoms with Crippen LogP contribution in [0.5, 0.6) is 11.5 Å². The van der Waals surface area contributed by atoms with E-state index in [-0.39, 0.29) is 17.4 Å². The smallest absolute Gasteiger partial charge is 0.271 e. The maximum absolute atomic E-state index is 12.3. The lowest BCUT2D eigenvalue weighted by atomic mass is 10.0. The van der Waals surface area contributed by atoms with Crippen molar-refractivity contribution in [2.75, 3.05) is 0 Å². The van der Waals surface area contributed by atoms with Gasteiger partial charge in [-0.1, -0.05) is 36.4 Å². The van der Waals surface area contributed by atoms with Crippen LogP contribution in [0.25, 0.3) is 10.8 Å². The van der Waals surface area contributed by atoms with Gasteiger partial charge in [0, 0.05) is 5.56 Å². The highest BCUT2D eigenvalue weighted by molar-refractivity contribution is 6.07. The summed E-state index contributed by atoms with van der Waals surface area (Å²) in [5, 5.41) is 24.4. The molecule has 0 bridgehead atoms. The van der Waals surface area contributed by atoms with Crippen LogP contribution in [-0.2, 0) is 0 Å². The van der Waals surface area contributed by atoms with Crippen molar-refractivity contribution in [2.45, 2.75) is 0 Å². The van der Waals surface area contributed by atoms with Crippen LogP contribution in [0.2, 0.25) is 0 Å². The van der Waals surface area contributed by atoms with Crippen LogP contribution in [0.1, 0.15) is 15.9 Å². The fourth-order valence-electron chi connectivity index (χ4n) is 2.27. The molecule has 0 fully saturated rings. The zero-order valence-electron chi connectivity index (χ0n) is 12.1. The number of hydrogen-bond acceptors (Lipinski definition) is 4. The van der Waals surface area contributed by atoms with E-state index in [0.29, 0.717) is 11.1 Å². The number of phenols is 2. The lowest BCUT2D eigenvalue weighted by molar-refractivity contribution is 0.0957. The van der Waals surface area contributed by atoms with E-state index in [0.717, 1.165) is 10.8 Å². The third-order valence-corrected chi connectivity index (χ3v) is 3.41. The molecule has 0 aromatic heterocycles. The predicted molar refractivity (Wildman–Crippen MR) is 88.8 cm³/mol. The Hall–Kier alpha value is -3.34. The van der Waals surface area contributed by atoms with Crippen molar-refractivity contribution >= 4 is 22.9 Å². The van der Waals surface area contributed by atoms with Crippen molar-refractivity contribution in [1.82, 2.24) is 5.43 Å². The molecule has 3 aromatic carbocycles. The Bertz CT molecular complexity index is 898. The Balaban J connectivity index is 1.78. The number of carbonyl (C=O) groups excluding carboxylic acids is 1. The summed E-state index contributed by atoms with van der Waals surface area (Å²) in [7, 11) is 0. The lowest BCUT2D eigenvalue weighted by Gasteiger charge is -2.04. The minimum atomic E-state index is -0.318. The highest BCUT2D eigenvalue weighted by Crippen LogP contribution is 2.24. The minimum absolute atomic E-state index is 0.207. The molecule has 0 saturated heterocycles. The Morgan fingerprint density at radius 1 is 0.957 bits per heavy atom. The average Bonchev–Trinajstić information content (AvgIpc) is 2.57. The van der Waals surface area contributed by atoms with Crippen molar-refractivity contribution < 1.29 is 15.0 Å². The van der Waals surface area contributed by atoms with Gasteiger partial charge in [-0.25, -0.2) is 5.43 Å². The second kappa shape index (κ2) is 6.19. The molecule has 23 heavy (non-hydrogen) atoms. The molecule has 3 rings (SSSR count). The lowest BCUT2D eigenvalue weighted by Crippen LogP contribution is -2.17. The molecule has 3 N–H and O–H groups in total. The molecule has 1 amide bonds. The number of fused-ring (bicyclic) bond motifs is 1. The van der Waals surface area contributed by atoms with E-state index in [9.17, 15) is 15.0 Å². The number of nitrogens with one attached hydrogen (secondary N) is 1. The maximum atomic E-state index is 12.3. The highest BCUT2D eigenvalue weighted by atomic mass is 16.3. The Kier molecular flexibility index (Phi) is 3.93. The van der Waals surface area contributed by atoms with Crippen molar-refractivity contribution in [3.63, 3.8) is 0 Å². The third kappa shape index (κ3) is 3.13. The molecule has 0 aliphatic carbocycles. The maximum Gasteiger partial charge on any atom is 0.271 e. The first kappa shape index (κ1) is 14.6. The van der Waals surface area contributed by atoms with Crippen LogP contribution in [0.4, 0.5) is 0 Å². The van der Waals surface area contributed by atoms with Crippen molar-refractivity contribution in [2.24, 2.45) is 5.10 Å². The van der Waals surface area contributed by atoms with E-state index < -0.39 is 0 Å². The third-order valence-electron chi connectivity index (χ3n) is 3.41. The Morgan fingerprint density at radius 3 is 2.57 bits per heavy atom. The van der Waals surface area contributed by atoms with E-state index >= 15 is 0 Å². The molecule has 0 radical (unpaired) electrons. The number of carbonyl (C=O) groups is 1. The van der Waals surface area contributed by atoms with Gasteiger partial charge in [-0.2, -0.15) is 5.10 Å². The summed E-state index contributed by atoms with van der Waals surface area (Å²) in [6.45, 7) is 0. The highest BCUT2D eigenvalue weighted by Gasteiger charge is 2.08. The van der Waals surface area contributed by atoms with Gasteiger partial charge in [0.2, 0.25) is 0 Å². The molecular weight excluding hydrogens is 292 g/mol. The van der Waals surface area contributed by atoms with E-state index in [4.69, 9.17) is 0 Å². The largest absolute Gasteiger partial charge is 0.504 e. The van der Waals surface area contributed by atoms with Crippen molar-refractivity contribution in [1.29, 1.82) is 0 Å². The van der Waals surface area contributed by atoms with Gasteiger partial charge in [0.25, 0.3) is 5.91 Å². The SMILES string of the molecule is O=C(NN=Cc1ccc(O)c(O)c1)c1cccc2ccccc12. The van der Waals surface area contributed by atoms with Crippen LogP contribution in [0, 0.1) is 0 Å². The normalized spacial score (nSPS) is 11.0. The van der Waals surface area contributed by atoms with Gasteiger partial charge < -0.3 is 10.2 Å². The van der Waals surface area contributed by atoms with Gasteiger partial charge in [-0.05, 0) is 40.6 Å². The molecule has 0 heterocycles. The van der Waals surface area contributed by atoms with Crippen LogP contribution >= 0.6 is 0 Å². The first-order valence-corrected chi connectivity index (χ1v) is 6.98. The molecule has 0 unspecified atom stereocenters. The summed E-state index contributed by atoms with van der Waals surface area (Å²) in [4.78, 5) is 12.3. The molecule has 0 aliphatic heterocycles. The second-order valence-corrected chi connectivity index (χ2v) is 4.97. The monoisotopic (exact) mass is 306 g/mol. The molecule has 3 aromatic rings. The first-order chi connectivity index (χ1) is 11.1. The molecule has 114 valence electrons. The fourth-order valence-corrected chi connectivity index (χ4v) is 2.27. The van der Waals surface area contributed by atoms with Gasteiger partial charge in [-0.15, -0.1) is 0 Å². The van der Waals surface area contributed by atoms with Crippen LogP contribution < -0.4 is 5.43 Å². The molecular formula is C18H14N2O3. The number of hydrogen-bond donors (Lipinski definition) is 3. The number of hydrazone groups is 1. The van der Waals surface area contributed by atoms with Gasteiger partial charge >= 0.3 is 0 Å². The number of amides is 1. The van der Waals surface area contributed by atoms with Gasteiger partial charge in [0.05, 0.1) is 6.21 Å².